The van der Waals surface area contributed by atoms with Crippen molar-refractivity contribution in [2.45, 2.75) is 63.9 Å². The Labute approximate surface area is 256 Å². The second kappa shape index (κ2) is 10.6. The number of rotatable bonds is 5. The SMILES string of the molecule is C[C@H]1O[C@H](CC(=O)O)Cc2c1c(O)c1c(O)c(-c3cc(=O)c4c(=O)c5c(c(=O)c=4c3=O)[C@@H](C)O[C@H](CC(=O)O)C5)cc(O)c1c2O. The number of aliphatic carboxylic acids is 2. The Morgan fingerprint density at radius 3 is 1.83 bits per heavy atom. The van der Waals surface area contributed by atoms with Crippen molar-refractivity contribution < 1.29 is 49.7 Å². The molecule has 0 saturated carbocycles. The molecule has 14 heteroatoms. The first-order valence-corrected chi connectivity index (χ1v) is 14.2. The van der Waals surface area contributed by atoms with E-state index in [1.807, 2.05) is 0 Å². The van der Waals surface area contributed by atoms with E-state index in [1.54, 1.807) is 0 Å². The zero-order valence-electron chi connectivity index (χ0n) is 24.2. The van der Waals surface area contributed by atoms with Crippen molar-refractivity contribution in [3.63, 3.8) is 0 Å². The lowest BCUT2D eigenvalue weighted by atomic mass is 9.86. The number of carboxylic acids is 2. The fourth-order valence-electron chi connectivity index (χ4n) is 6.89. The molecule has 0 aromatic heterocycles. The van der Waals surface area contributed by atoms with Crippen LogP contribution in [0.25, 0.3) is 21.9 Å². The minimum absolute atomic E-state index is 0.00326. The van der Waals surface area contributed by atoms with Crippen LogP contribution in [0.2, 0.25) is 0 Å². The Morgan fingerprint density at radius 2 is 1.24 bits per heavy atom. The minimum Gasteiger partial charge on any atom is -0.507 e. The maximum absolute atomic E-state index is 13.8. The van der Waals surface area contributed by atoms with Gasteiger partial charge in [-0.3, -0.25) is 28.8 Å². The molecule has 46 heavy (non-hydrogen) atoms. The highest BCUT2D eigenvalue weighted by Gasteiger charge is 2.36. The molecule has 6 N–H and O–H groups in total. The lowest BCUT2D eigenvalue weighted by molar-refractivity contribution is -0.143. The first kappa shape index (κ1) is 30.7. The third-order valence-corrected chi connectivity index (χ3v) is 8.72. The molecule has 0 saturated heterocycles. The summed E-state index contributed by atoms with van der Waals surface area (Å²) < 4.78 is 11.3. The zero-order chi connectivity index (χ0) is 33.5. The highest BCUT2D eigenvalue weighted by Crippen LogP contribution is 2.53. The molecule has 0 bridgehead atoms. The van der Waals surface area contributed by atoms with Gasteiger partial charge in [-0.2, -0.15) is 0 Å². The van der Waals surface area contributed by atoms with Gasteiger partial charge >= 0.3 is 11.9 Å². The number of phenols is 4. The molecule has 0 radical (unpaired) electrons. The van der Waals surface area contributed by atoms with Gasteiger partial charge in [-0.1, -0.05) is 0 Å². The molecule has 0 amide bonds. The molecule has 0 fully saturated rings. The molecule has 2 aliphatic heterocycles. The largest absolute Gasteiger partial charge is 0.507 e. The lowest BCUT2D eigenvalue weighted by Gasteiger charge is -2.31. The fourth-order valence-corrected chi connectivity index (χ4v) is 6.89. The van der Waals surface area contributed by atoms with Crippen molar-refractivity contribution in [1.82, 2.24) is 0 Å². The number of ether oxygens (including phenoxy) is 2. The van der Waals surface area contributed by atoms with Gasteiger partial charge in [-0.25, -0.2) is 0 Å². The first-order valence-electron chi connectivity index (χ1n) is 14.2. The Kier molecular flexibility index (Phi) is 7.09. The van der Waals surface area contributed by atoms with Crippen LogP contribution in [0.15, 0.2) is 31.3 Å². The number of aromatic hydroxyl groups is 4. The number of fused-ring (bicyclic) bond motifs is 3. The third kappa shape index (κ3) is 4.48. The van der Waals surface area contributed by atoms with Crippen LogP contribution in [0.3, 0.4) is 0 Å². The third-order valence-electron chi connectivity index (χ3n) is 8.72. The quantitative estimate of drug-likeness (QED) is 0.170. The topological polar surface area (TPSA) is 242 Å². The first-order chi connectivity index (χ1) is 21.6. The summed E-state index contributed by atoms with van der Waals surface area (Å²) >= 11 is 0. The van der Waals surface area contributed by atoms with Crippen LogP contribution < -0.4 is 21.7 Å². The summed E-state index contributed by atoms with van der Waals surface area (Å²) in [6, 6.07) is 1.57. The van der Waals surface area contributed by atoms with Crippen LogP contribution in [0.5, 0.6) is 23.0 Å². The van der Waals surface area contributed by atoms with E-state index >= 15 is 0 Å². The van der Waals surface area contributed by atoms with Gasteiger partial charge in [0.15, 0.2) is 21.7 Å². The molecule has 2 aromatic carbocycles. The molecular formula is C32H26O14. The maximum Gasteiger partial charge on any atom is 0.305 e. The van der Waals surface area contributed by atoms with E-state index < -0.39 is 126 Å². The Morgan fingerprint density at radius 1 is 0.674 bits per heavy atom. The van der Waals surface area contributed by atoms with Crippen LogP contribution >= 0.6 is 0 Å². The number of carboxylic acid groups (broad SMARTS) is 2. The molecule has 0 unspecified atom stereocenters. The average Bonchev–Trinajstić information content (AvgIpc) is 2.95. The smallest absolute Gasteiger partial charge is 0.305 e. The van der Waals surface area contributed by atoms with Crippen LogP contribution in [0, 0.1) is 10.4 Å². The maximum atomic E-state index is 13.8. The van der Waals surface area contributed by atoms with Crippen LogP contribution in [-0.2, 0) is 31.9 Å². The Balaban J connectivity index is 1.62. The van der Waals surface area contributed by atoms with Gasteiger partial charge in [-0.15, -0.1) is 0 Å². The van der Waals surface area contributed by atoms with Crippen molar-refractivity contribution in [3.8, 4) is 34.1 Å². The number of benzene rings is 2. The number of hydrogen-bond acceptors (Lipinski definition) is 12. The van der Waals surface area contributed by atoms with Gasteiger partial charge in [0.1, 0.15) is 23.0 Å². The van der Waals surface area contributed by atoms with Gasteiger partial charge in [0.25, 0.3) is 0 Å². The van der Waals surface area contributed by atoms with Crippen LogP contribution in [0.1, 0.15) is 61.2 Å². The summed E-state index contributed by atoms with van der Waals surface area (Å²) in [7, 11) is 0. The minimum atomic E-state index is -1.20. The van der Waals surface area contributed by atoms with Crippen molar-refractivity contribution >= 4 is 22.7 Å². The van der Waals surface area contributed by atoms with Gasteiger partial charge in [0.2, 0.25) is 0 Å². The molecule has 238 valence electrons. The number of carbonyl (C=O) groups is 2. The number of hydrogen-bond donors (Lipinski definition) is 6. The summed E-state index contributed by atoms with van der Waals surface area (Å²) in [5, 5.41) is 60.8. The van der Waals surface area contributed by atoms with Crippen molar-refractivity contribution in [3.05, 3.63) is 85.7 Å². The molecule has 2 aliphatic carbocycles. The van der Waals surface area contributed by atoms with Crippen molar-refractivity contribution in [2.24, 2.45) is 0 Å². The zero-order valence-corrected chi connectivity index (χ0v) is 24.2. The standard InChI is InChI=1S/C32H26O14/c1-9-21-15(3-11(45-9)5-19(35)36)29(41)23-17(33)7-13(27(39)25(23)31(21)43)14-8-18(34)24-26(28(14)40)32(44)22-10(2)46-12(6-20(37)38)4-16(22)30(24)42/h7-12,33,39,41,43H,3-6H2,1-2H3,(H,35,36)(H,37,38)/t9-,10-,11+,12+/m1/s1. The molecule has 14 nitrogen and oxygen atoms in total. The highest BCUT2D eigenvalue weighted by molar-refractivity contribution is 6.07. The monoisotopic (exact) mass is 634 g/mol. The molecule has 4 atom stereocenters. The Bertz CT molecular complexity index is 2300. The molecule has 4 aliphatic rings. The van der Waals surface area contributed by atoms with Gasteiger partial charge < -0.3 is 40.1 Å². The summed E-state index contributed by atoms with van der Waals surface area (Å²) in [6.45, 7) is 2.89. The van der Waals surface area contributed by atoms with E-state index in [2.05, 4.69) is 0 Å². The molecule has 2 aromatic rings. The van der Waals surface area contributed by atoms with E-state index in [9.17, 15) is 54.3 Å². The molecule has 6 rings (SSSR count). The second-order valence-corrected chi connectivity index (χ2v) is 11.6. The van der Waals surface area contributed by atoms with Crippen LogP contribution in [0.4, 0.5) is 0 Å². The average molecular weight is 635 g/mol. The Hall–Kier alpha value is -5.34. The predicted octanol–water partition coefficient (Wildman–Crippen LogP) is 1.32. The second-order valence-electron chi connectivity index (χ2n) is 11.6. The van der Waals surface area contributed by atoms with Gasteiger partial charge in [0, 0.05) is 46.2 Å². The van der Waals surface area contributed by atoms with E-state index in [-0.39, 0.29) is 35.1 Å². The number of phenolic OH excluding ortho intramolecular Hbond substituents is 4. The summed E-state index contributed by atoms with van der Waals surface area (Å²) in [6.07, 6.45) is -5.16. The predicted molar refractivity (Wildman–Crippen MR) is 157 cm³/mol. The summed E-state index contributed by atoms with van der Waals surface area (Å²) in [5.41, 5.74) is -5.38. The normalized spacial score (nSPS) is 20.8. The lowest BCUT2D eigenvalue weighted by Crippen LogP contribution is -2.40. The van der Waals surface area contributed by atoms with Crippen LogP contribution in [-0.4, -0.2) is 54.8 Å². The van der Waals surface area contributed by atoms with Crippen molar-refractivity contribution in [2.75, 3.05) is 0 Å². The molecule has 2 heterocycles. The summed E-state index contributed by atoms with van der Waals surface area (Å²) in [5.74, 6) is -5.15. The fraction of sp³-hybridized carbons (Fsp3) is 0.312. The molecular weight excluding hydrogens is 608 g/mol. The van der Waals surface area contributed by atoms with Gasteiger partial charge in [0.05, 0.1) is 58.5 Å². The van der Waals surface area contributed by atoms with Crippen molar-refractivity contribution in [1.29, 1.82) is 0 Å². The van der Waals surface area contributed by atoms with E-state index in [4.69, 9.17) is 14.6 Å². The molecule has 0 spiro atoms. The van der Waals surface area contributed by atoms with E-state index in [0.717, 1.165) is 6.07 Å². The van der Waals surface area contributed by atoms with E-state index in [0.29, 0.717) is 6.07 Å². The summed E-state index contributed by atoms with van der Waals surface area (Å²) in [4.78, 5) is 76.8. The van der Waals surface area contributed by atoms with E-state index in [1.165, 1.54) is 13.8 Å². The van der Waals surface area contributed by atoms with Gasteiger partial charge in [-0.05, 0) is 26.0 Å². The highest BCUT2D eigenvalue weighted by atomic mass is 16.5.